The number of carbonyl (C=O) groups excluding carboxylic acids is 1. The Morgan fingerprint density at radius 3 is 2.72 bits per heavy atom. The molecule has 1 unspecified atom stereocenters. The highest BCUT2D eigenvalue weighted by Crippen LogP contribution is 2.24. The maximum Gasteiger partial charge on any atom is 0.306 e. The molecule has 29 heavy (non-hydrogen) atoms. The molecule has 1 N–H and O–H groups in total. The molecule has 0 saturated heterocycles. The van der Waals surface area contributed by atoms with Gasteiger partial charge in [0.1, 0.15) is 23.2 Å². The quantitative estimate of drug-likeness (QED) is 0.444. The number of rotatable bonds is 7. The number of hydrogen-bond acceptors (Lipinski definition) is 5. The summed E-state index contributed by atoms with van der Waals surface area (Å²) in [4.78, 5) is 22.5. The van der Waals surface area contributed by atoms with Gasteiger partial charge >= 0.3 is 5.69 Å². The van der Waals surface area contributed by atoms with Crippen LogP contribution in [0.4, 0.5) is 15.9 Å². The lowest BCUT2D eigenvalue weighted by Crippen LogP contribution is -2.25. The molecular formula is C17H15Cl2FN6O3. The Bertz CT molecular complexity index is 1050. The number of halogens is 3. The van der Waals surface area contributed by atoms with Crippen LogP contribution < -0.4 is 5.32 Å². The smallest absolute Gasteiger partial charge is 0.306 e. The van der Waals surface area contributed by atoms with Gasteiger partial charge in [-0.25, -0.2) is 4.39 Å². The normalized spacial score (nSPS) is 12.0. The summed E-state index contributed by atoms with van der Waals surface area (Å²) in [6.07, 6.45) is 3.79. The van der Waals surface area contributed by atoms with Crippen molar-refractivity contribution >= 4 is 40.6 Å². The molecule has 0 aliphatic rings. The van der Waals surface area contributed by atoms with Crippen LogP contribution in [-0.4, -0.2) is 30.4 Å². The Balaban J connectivity index is 1.66. The Morgan fingerprint density at radius 2 is 2.07 bits per heavy atom. The van der Waals surface area contributed by atoms with Crippen molar-refractivity contribution in [2.45, 2.75) is 20.0 Å². The van der Waals surface area contributed by atoms with Crippen LogP contribution in [0.5, 0.6) is 0 Å². The zero-order chi connectivity index (χ0) is 21.1. The average molecular weight is 441 g/mol. The van der Waals surface area contributed by atoms with Crippen molar-refractivity contribution < 1.29 is 14.1 Å². The minimum atomic E-state index is -0.572. The third-order valence-electron chi connectivity index (χ3n) is 4.08. The molecule has 2 aromatic heterocycles. The summed E-state index contributed by atoms with van der Waals surface area (Å²) in [7, 11) is 0. The lowest BCUT2D eigenvalue weighted by Gasteiger charge is -2.11. The van der Waals surface area contributed by atoms with Gasteiger partial charge in [-0.2, -0.15) is 10.2 Å². The first-order valence-corrected chi connectivity index (χ1v) is 9.13. The van der Waals surface area contributed by atoms with E-state index in [2.05, 4.69) is 15.5 Å². The van der Waals surface area contributed by atoms with Gasteiger partial charge in [0.25, 0.3) is 0 Å². The summed E-state index contributed by atoms with van der Waals surface area (Å²) in [5, 5.41) is 21.7. The van der Waals surface area contributed by atoms with E-state index in [4.69, 9.17) is 23.2 Å². The number of anilines is 1. The molecule has 1 atom stereocenters. The van der Waals surface area contributed by atoms with E-state index in [9.17, 15) is 19.3 Å². The molecule has 0 radical (unpaired) electrons. The number of carbonyl (C=O) groups is 1. The Hall–Kier alpha value is -2.98. The fourth-order valence-electron chi connectivity index (χ4n) is 2.56. The second kappa shape index (κ2) is 8.58. The molecule has 3 rings (SSSR count). The second-order valence-corrected chi connectivity index (χ2v) is 7.11. The van der Waals surface area contributed by atoms with E-state index in [1.807, 2.05) is 0 Å². The zero-order valence-electron chi connectivity index (χ0n) is 15.1. The molecule has 12 heteroatoms. The molecule has 0 saturated carbocycles. The fourth-order valence-corrected chi connectivity index (χ4v) is 2.98. The molecular weight excluding hydrogens is 426 g/mol. The standard InChI is InChI=1S/C17H15Cl2FN6O3/c1-10(6-24-7-11(5-21-24)26(28)29)17(27)22-16-14(19)9-25(23-16)8-12-13(18)3-2-4-15(12)20/h2-5,7,9-10H,6,8H2,1H3,(H,22,23,27). The monoisotopic (exact) mass is 440 g/mol. The molecule has 1 aromatic carbocycles. The highest BCUT2D eigenvalue weighted by Gasteiger charge is 2.19. The molecule has 3 aromatic rings. The molecule has 1 amide bonds. The van der Waals surface area contributed by atoms with Crippen LogP contribution in [-0.2, 0) is 17.9 Å². The molecule has 9 nitrogen and oxygen atoms in total. The van der Waals surface area contributed by atoms with Gasteiger partial charge in [-0.1, -0.05) is 36.2 Å². The summed E-state index contributed by atoms with van der Waals surface area (Å²) in [6.45, 7) is 1.79. The van der Waals surface area contributed by atoms with Gasteiger partial charge in [-0.05, 0) is 12.1 Å². The Kier molecular flexibility index (Phi) is 6.14. The van der Waals surface area contributed by atoms with E-state index in [0.717, 1.165) is 6.20 Å². The van der Waals surface area contributed by atoms with E-state index in [1.54, 1.807) is 13.0 Å². The number of nitro groups is 1. The first kappa shape index (κ1) is 20.7. The van der Waals surface area contributed by atoms with E-state index in [1.165, 1.54) is 33.9 Å². The molecule has 152 valence electrons. The minimum Gasteiger partial charge on any atom is -0.308 e. The number of hydrogen-bond donors (Lipinski definition) is 1. The molecule has 0 fully saturated rings. The van der Waals surface area contributed by atoms with Crippen molar-refractivity contribution in [1.82, 2.24) is 19.6 Å². The first-order chi connectivity index (χ1) is 13.7. The number of amides is 1. The lowest BCUT2D eigenvalue weighted by atomic mass is 10.1. The van der Waals surface area contributed by atoms with Crippen molar-refractivity contribution in [2.24, 2.45) is 5.92 Å². The first-order valence-electron chi connectivity index (χ1n) is 8.38. The van der Waals surface area contributed by atoms with Crippen molar-refractivity contribution in [2.75, 3.05) is 5.32 Å². The summed E-state index contributed by atoms with van der Waals surface area (Å²) >= 11 is 12.1. The number of aromatic nitrogens is 4. The summed E-state index contributed by atoms with van der Waals surface area (Å²) < 4.78 is 16.6. The number of benzene rings is 1. The van der Waals surface area contributed by atoms with Gasteiger partial charge in [0.2, 0.25) is 5.91 Å². The van der Waals surface area contributed by atoms with Crippen molar-refractivity contribution in [3.05, 3.63) is 68.3 Å². The van der Waals surface area contributed by atoms with Crippen LogP contribution in [0, 0.1) is 21.8 Å². The van der Waals surface area contributed by atoms with Gasteiger partial charge in [0.05, 0.1) is 23.9 Å². The summed E-state index contributed by atoms with van der Waals surface area (Å²) in [5.41, 5.74) is 0.0889. The van der Waals surface area contributed by atoms with Crippen LogP contribution in [0.1, 0.15) is 12.5 Å². The van der Waals surface area contributed by atoms with Crippen molar-refractivity contribution in [1.29, 1.82) is 0 Å². The van der Waals surface area contributed by atoms with Crippen LogP contribution >= 0.6 is 23.2 Å². The van der Waals surface area contributed by atoms with Gasteiger partial charge in [0, 0.05) is 16.8 Å². The van der Waals surface area contributed by atoms with E-state index in [0.29, 0.717) is 0 Å². The average Bonchev–Trinajstić information content (AvgIpc) is 3.25. The highest BCUT2D eigenvalue weighted by molar-refractivity contribution is 6.33. The SMILES string of the molecule is CC(Cn1cc([N+](=O)[O-])cn1)C(=O)Nc1nn(Cc2c(F)cccc2Cl)cc1Cl. The van der Waals surface area contributed by atoms with Crippen LogP contribution in [0.25, 0.3) is 0 Å². The third kappa shape index (κ3) is 4.90. The second-order valence-electron chi connectivity index (χ2n) is 6.29. The minimum absolute atomic E-state index is 0.0353. The van der Waals surface area contributed by atoms with Crippen LogP contribution in [0.3, 0.4) is 0 Å². The van der Waals surface area contributed by atoms with Crippen molar-refractivity contribution in [3.8, 4) is 0 Å². The van der Waals surface area contributed by atoms with E-state index in [-0.39, 0.29) is 40.2 Å². The maximum atomic E-state index is 13.9. The summed E-state index contributed by atoms with van der Waals surface area (Å²) in [6, 6.07) is 4.35. The molecule has 0 spiro atoms. The molecule has 0 bridgehead atoms. The predicted molar refractivity (Wildman–Crippen MR) is 104 cm³/mol. The fraction of sp³-hybridized carbons (Fsp3) is 0.235. The van der Waals surface area contributed by atoms with Gasteiger partial charge in [-0.3, -0.25) is 24.3 Å². The topological polar surface area (TPSA) is 108 Å². The summed E-state index contributed by atoms with van der Waals surface area (Å²) in [5.74, 6) is -1.34. The van der Waals surface area contributed by atoms with Gasteiger partial charge < -0.3 is 5.32 Å². The van der Waals surface area contributed by atoms with Crippen LogP contribution in [0.2, 0.25) is 10.0 Å². The molecule has 0 aliphatic heterocycles. The number of nitrogens with one attached hydrogen (secondary N) is 1. The van der Waals surface area contributed by atoms with Gasteiger partial charge in [0.15, 0.2) is 5.82 Å². The molecule has 0 aliphatic carbocycles. The predicted octanol–water partition coefficient (Wildman–Crippen LogP) is 3.76. The van der Waals surface area contributed by atoms with Crippen LogP contribution in [0.15, 0.2) is 36.8 Å². The Labute approximate surface area is 174 Å². The number of nitrogens with zero attached hydrogens (tertiary/aromatic N) is 5. The zero-order valence-corrected chi connectivity index (χ0v) is 16.6. The van der Waals surface area contributed by atoms with E-state index < -0.39 is 22.6 Å². The third-order valence-corrected chi connectivity index (χ3v) is 4.71. The maximum absolute atomic E-state index is 13.9. The largest absolute Gasteiger partial charge is 0.308 e. The van der Waals surface area contributed by atoms with Gasteiger partial charge in [-0.15, -0.1) is 0 Å². The van der Waals surface area contributed by atoms with E-state index >= 15 is 0 Å². The molecule has 2 heterocycles. The Morgan fingerprint density at radius 1 is 1.31 bits per heavy atom. The van der Waals surface area contributed by atoms with Crippen molar-refractivity contribution in [3.63, 3.8) is 0 Å². The highest BCUT2D eigenvalue weighted by atomic mass is 35.5. The lowest BCUT2D eigenvalue weighted by molar-refractivity contribution is -0.385.